The average molecular weight is 413 g/mol. The van der Waals surface area contributed by atoms with Crippen LogP contribution < -0.4 is 0 Å². The molecule has 0 bridgehead atoms. The Morgan fingerprint density at radius 2 is 2.00 bits per heavy atom. The first-order valence-electron chi connectivity index (χ1n) is 10.5. The molecular formula is C21H28N6OS. The molecule has 1 aliphatic carbocycles. The number of nitrogens with zero attached hydrogens (tertiary/aromatic N) is 6. The van der Waals surface area contributed by atoms with Crippen LogP contribution in [0.1, 0.15) is 58.8 Å². The number of amides is 1. The van der Waals surface area contributed by atoms with Crippen molar-refractivity contribution in [3.05, 3.63) is 39.9 Å². The minimum Gasteiger partial charge on any atom is -0.337 e. The minimum atomic E-state index is 0.0953. The van der Waals surface area contributed by atoms with E-state index in [0.29, 0.717) is 11.7 Å². The second-order valence-electron chi connectivity index (χ2n) is 8.37. The highest BCUT2D eigenvalue weighted by molar-refractivity contribution is 7.15. The molecule has 0 aromatic carbocycles. The number of aromatic nitrogens is 4. The van der Waals surface area contributed by atoms with Gasteiger partial charge in [-0.05, 0) is 39.5 Å². The highest BCUT2D eigenvalue weighted by atomic mass is 32.1. The van der Waals surface area contributed by atoms with E-state index in [4.69, 9.17) is 4.98 Å². The predicted molar refractivity (Wildman–Crippen MR) is 113 cm³/mol. The fourth-order valence-electron chi connectivity index (χ4n) is 4.42. The summed E-state index contributed by atoms with van der Waals surface area (Å²) in [6, 6.07) is 0.577. The van der Waals surface area contributed by atoms with Crippen molar-refractivity contribution in [3.63, 3.8) is 0 Å². The lowest BCUT2D eigenvalue weighted by atomic mass is 10.1. The van der Waals surface area contributed by atoms with Gasteiger partial charge in [0.05, 0.1) is 11.4 Å². The third-order valence-corrected chi connectivity index (χ3v) is 7.15. The molecule has 0 N–H and O–H groups in total. The van der Waals surface area contributed by atoms with Gasteiger partial charge in [-0.15, -0.1) is 11.3 Å². The van der Waals surface area contributed by atoms with Crippen LogP contribution in [0.5, 0.6) is 0 Å². The van der Waals surface area contributed by atoms with E-state index in [2.05, 4.69) is 34.4 Å². The Kier molecular flexibility index (Phi) is 4.70. The van der Waals surface area contributed by atoms with Crippen molar-refractivity contribution in [2.24, 2.45) is 7.05 Å². The number of likely N-dealkylation sites (tertiary alicyclic amines) is 1. The molecule has 2 aliphatic rings. The molecule has 0 radical (unpaired) electrons. The summed E-state index contributed by atoms with van der Waals surface area (Å²) >= 11 is 1.59. The summed E-state index contributed by atoms with van der Waals surface area (Å²) in [5.41, 5.74) is 5.29. The van der Waals surface area contributed by atoms with Crippen molar-refractivity contribution < 1.29 is 4.79 Å². The van der Waals surface area contributed by atoms with Gasteiger partial charge in [-0.2, -0.15) is 5.10 Å². The van der Waals surface area contributed by atoms with Gasteiger partial charge in [-0.25, -0.2) is 4.98 Å². The topological polar surface area (TPSA) is 58.7 Å². The first-order chi connectivity index (χ1) is 14.0. The van der Waals surface area contributed by atoms with Gasteiger partial charge < -0.3 is 4.90 Å². The molecule has 2 fully saturated rings. The molecule has 0 unspecified atom stereocenters. The molecule has 0 atom stereocenters. The average Bonchev–Trinajstić information content (AvgIpc) is 3.05. The van der Waals surface area contributed by atoms with E-state index in [-0.39, 0.29) is 5.91 Å². The number of hydrogen-bond acceptors (Lipinski definition) is 5. The second-order valence-corrected chi connectivity index (χ2v) is 9.24. The predicted octanol–water partition coefficient (Wildman–Crippen LogP) is 3.15. The van der Waals surface area contributed by atoms with Crippen LogP contribution in [0.4, 0.5) is 0 Å². The van der Waals surface area contributed by atoms with Crippen LogP contribution >= 0.6 is 11.3 Å². The summed E-state index contributed by atoms with van der Waals surface area (Å²) in [7, 11) is 2.01. The van der Waals surface area contributed by atoms with E-state index < -0.39 is 0 Å². The highest BCUT2D eigenvalue weighted by Crippen LogP contribution is 2.32. The second kappa shape index (κ2) is 7.25. The molecular weight excluding hydrogens is 384 g/mol. The lowest BCUT2D eigenvalue weighted by Crippen LogP contribution is -2.31. The summed E-state index contributed by atoms with van der Waals surface area (Å²) in [4.78, 5) is 23.3. The number of fused-ring (bicyclic) bond motifs is 1. The van der Waals surface area contributed by atoms with Gasteiger partial charge in [0.2, 0.25) is 0 Å². The zero-order valence-electron chi connectivity index (χ0n) is 17.4. The molecule has 5 rings (SSSR count). The fourth-order valence-corrected chi connectivity index (χ4v) is 5.15. The minimum absolute atomic E-state index is 0.0953. The van der Waals surface area contributed by atoms with E-state index in [0.717, 1.165) is 55.4 Å². The van der Waals surface area contributed by atoms with Crippen molar-refractivity contribution in [1.82, 2.24) is 29.0 Å². The monoisotopic (exact) mass is 412 g/mol. The Labute approximate surface area is 174 Å². The van der Waals surface area contributed by atoms with Crippen molar-refractivity contribution in [2.75, 3.05) is 13.1 Å². The highest BCUT2D eigenvalue weighted by Gasteiger charge is 2.33. The summed E-state index contributed by atoms with van der Waals surface area (Å²) < 4.78 is 4.08. The molecule has 7 nitrogen and oxygen atoms in total. The Morgan fingerprint density at radius 1 is 1.24 bits per heavy atom. The van der Waals surface area contributed by atoms with Crippen molar-refractivity contribution in [1.29, 1.82) is 0 Å². The number of carbonyl (C=O) groups excluding carboxylic acids is 1. The maximum atomic E-state index is 13.2. The molecule has 8 heteroatoms. The van der Waals surface area contributed by atoms with Crippen LogP contribution in [-0.2, 0) is 20.1 Å². The molecule has 1 saturated heterocycles. The number of thiazole rings is 1. The van der Waals surface area contributed by atoms with E-state index in [9.17, 15) is 4.79 Å². The molecule has 154 valence electrons. The van der Waals surface area contributed by atoms with Crippen LogP contribution in [-0.4, -0.2) is 54.0 Å². The van der Waals surface area contributed by atoms with E-state index >= 15 is 0 Å². The maximum absolute atomic E-state index is 13.2. The third kappa shape index (κ3) is 3.38. The van der Waals surface area contributed by atoms with Crippen LogP contribution in [0, 0.1) is 13.8 Å². The molecule has 1 aliphatic heterocycles. The molecule has 4 heterocycles. The van der Waals surface area contributed by atoms with Crippen LogP contribution in [0.3, 0.4) is 0 Å². The van der Waals surface area contributed by atoms with Gasteiger partial charge in [0.25, 0.3) is 5.91 Å². The molecule has 29 heavy (non-hydrogen) atoms. The maximum Gasteiger partial charge on any atom is 0.274 e. The Balaban J connectivity index is 1.48. The number of aryl methyl sites for hydroxylation is 2. The lowest BCUT2D eigenvalue weighted by Gasteiger charge is -2.23. The normalized spacial score (nSPS) is 17.2. The summed E-state index contributed by atoms with van der Waals surface area (Å²) in [6.07, 6.45) is 6.68. The van der Waals surface area contributed by atoms with E-state index in [1.165, 1.54) is 24.1 Å². The first kappa shape index (κ1) is 18.8. The molecule has 3 aromatic rings. The number of hydrogen-bond donors (Lipinski definition) is 0. The van der Waals surface area contributed by atoms with Gasteiger partial charge in [0, 0.05) is 62.1 Å². The van der Waals surface area contributed by atoms with Gasteiger partial charge in [0.15, 0.2) is 10.7 Å². The molecule has 3 aromatic heterocycles. The van der Waals surface area contributed by atoms with Crippen LogP contribution in [0.15, 0.2) is 11.6 Å². The van der Waals surface area contributed by atoms with E-state index in [1.807, 2.05) is 22.0 Å². The molecule has 1 saturated carbocycles. The van der Waals surface area contributed by atoms with Gasteiger partial charge in [-0.1, -0.05) is 0 Å². The van der Waals surface area contributed by atoms with Gasteiger partial charge in [-0.3, -0.25) is 18.8 Å². The summed E-state index contributed by atoms with van der Waals surface area (Å²) in [5.74, 6) is 0.0953. The zero-order valence-corrected chi connectivity index (χ0v) is 18.2. The van der Waals surface area contributed by atoms with Crippen molar-refractivity contribution in [3.8, 4) is 0 Å². The van der Waals surface area contributed by atoms with Crippen LogP contribution in [0.25, 0.3) is 4.96 Å². The molecule has 0 spiro atoms. The summed E-state index contributed by atoms with van der Waals surface area (Å²) in [5, 5.41) is 6.64. The smallest absolute Gasteiger partial charge is 0.274 e. The first-order valence-corrected chi connectivity index (χ1v) is 11.4. The number of imidazole rings is 1. The van der Waals surface area contributed by atoms with E-state index in [1.54, 1.807) is 11.3 Å². The SMILES string of the molecule is Cc1nn(C)c(C)c1CN(Cc1c(C(=O)N2CCCC2)nc2sccn12)C1CC1. The quantitative estimate of drug-likeness (QED) is 0.624. The van der Waals surface area contributed by atoms with Crippen molar-refractivity contribution in [2.45, 2.75) is 58.7 Å². The summed E-state index contributed by atoms with van der Waals surface area (Å²) in [6.45, 7) is 7.54. The zero-order chi connectivity index (χ0) is 20.1. The Morgan fingerprint density at radius 3 is 2.66 bits per heavy atom. The number of carbonyl (C=O) groups is 1. The third-order valence-electron chi connectivity index (χ3n) is 6.39. The Bertz CT molecular complexity index is 1050. The Hall–Kier alpha value is -2.19. The van der Waals surface area contributed by atoms with Gasteiger partial charge in [0.1, 0.15) is 0 Å². The van der Waals surface area contributed by atoms with Crippen molar-refractivity contribution >= 4 is 22.2 Å². The largest absolute Gasteiger partial charge is 0.337 e. The fraction of sp³-hybridized carbons (Fsp3) is 0.571. The molecule has 1 amide bonds. The lowest BCUT2D eigenvalue weighted by molar-refractivity contribution is 0.0784. The van der Waals surface area contributed by atoms with Crippen LogP contribution in [0.2, 0.25) is 0 Å². The standard InChI is InChI=1S/C21H28N6OS/c1-14-17(15(2)24(3)23-14)12-26(16-6-7-16)13-18-19(20(28)25-8-4-5-9-25)22-21-27(18)10-11-29-21/h10-11,16H,4-9,12-13H2,1-3H3. The number of rotatable bonds is 6. The van der Waals surface area contributed by atoms with Gasteiger partial charge >= 0.3 is 0 Å².